The van der Waals surface area contributed by atoms with Crippen LogP contribution >= 0.6 is 11.6 Å². The van der Waals surface area contributed by atoms with Crippen molar-refractivity contribution < 1.29 is 8.42 Å². The molecule has 1 unspecified atom stereocenters. The second-order valence-corrected chi connectivity index (χ2v) is 7.30. The highest BCUT2D eigenvalue weighted by molar-refractivity contribution is 7.91. The Labute approximate surface area is 90.9 Å². The largest absolute Gasteiger partial charge is 0.229 e. The zero-order chi connectivity index (χ0) is 10.2. The third-order valence-electron chi connectivity index (χ3n) is 3.96. The van der Waals surface area contributed by atoms with Gasteiger partial charge in [-0.1, -0.05) is 12.8 Å². The molecule has 0 aromatic rings. The number of halogens is 1. The lowest BCUT2D eigenvalue weighted by Gasteiger charge is -2.32. The summed E-state index contributed by atoms with van der Waals surface area (Å²) in [6.45, 7) is 0. The quantitative estimate of drug-likeness (QED) is 0.689. The first-order valence-corrected chi connectivity index (χ1v) is 7.70. The molecular formula is C10H17ClO2S. The maximum atomic E-state index is 11.4. The van der Waals surface area contributed by atoms with E-state index in [0.717, 1.165) is 19.3 Å². The van der Waals surface area contributed by atoms with Crippen LogP contribution in [0.2, 0.25) is 0 Å². The van der Waals surface area contributed by atoms with Crippen molar-refractivity contribution in [3.05, 3.63) is 0 Å². The number of sulfone groups is 1. The standard InChI is InChI=1S/C10H17ClO2S/c11-8-10(4-1-2-5-10)9-3-6-14(12,13)7-9/h9H,1-8H2. The van der Waals surface area contributed by atoms with Crippen molar-refractivity contribution in [1.82, 2.24) is 0 Å². The van der Waals surface area contributed by atoms with Crippen molar-refractivity contribution in [3.8, 4) is 0 Å². The van der Waals surface area contributed by atoms with Crippen molar-refractivity contribution in [3.63, 3.8) is 0 Å². The van der Waals surface area contributed by atoms with Crippen LogP contribution in [0.3, 0.4) is 0 Å². The van der Waals surface area contributed by atoms with Crippen LogP contribution < -0.4 is 0 Å². The van der Waals surface area contributed by atoms with E-state index < -0.39 is 9.84 Å². The van der Waals surface area contributed by atoms with Gasteiger partial charge < -0.3 is 0 Å². The number of hydrogen-bond donors (Lipinski definition) is 0. The summed E-state index contributed by atoms with van der Waals surface area (Å²) in [5.41, 5.74) is 0.158. The summed E-state index contributed by atoms with van der Waals surface area (Å²) >= 11 is 6.04. The van der Waals surface area contributed by atoms with Crippen LogP contribution in [-0.2, 0) is 9.84 Å². The van der Waals surface area contributed by atoms with Crippen LogP contribution in [0, 0.1) is 11.3 Å². The molecule has 0 spiro atoms. The Kier molecular flexibility index (Phi) is 2.82. The van der Waals surface area contributed by atoms with E-state index in [2.05, 4.69) is 0 Å². The lowest BCUT2D eigenvalue weighted by atomic mass is 9.75. The van der Waals surface area contributed by atoms with Crippen LogP contribution in [0.15, 0.2) is 0 Å². The van der Waals surface area contributed by atoms with E-state index in [0.29, 0.717) is 23.3 Å². The molecule has 82 valence electrons. The van der Waals surface area contributed by atoms with Gasteiger partial charge >= 0.3 is 0 Å². The molecule has 0 amide bonds. The fourth-order valence-electron chi connectivity index (χ4n) is 3.01. The minimum Gasteiger partial charge on any atom is -0.229 e. The van der Waals surface area contributed by atoms with E-state index in [1.54, 1.807) is 0 Å². The molecule has 0 aromatic heterocycles. The summed E-state index contributed by atoms with van der Waals surface area (Å²) in [6.07, 6.45) is 5.56. The van der Waals surface area contributed by atoms with Crippen LogP contribution in [-0.4, -0.2) is 25.8 Å². The molecule has 0 bridgehead atoms. The Morgan fingerprint density at radius 1 is 1.29 bits per heavy atom. The molecule has 1 saturated carbocycles. The molecule has 14 heavy (non-hydrogen) atoms. The number of alkyl halides is 1. The van der Waals surface area contributed by atoms with Gasteiger partial charge in [-0.05, 0) is 30.6 Å². The molecule has 1 aliphatic carbocycles. The number of rotatable bonds is 2. The smallest absolute Gasteiger partial charge is 0.150 e. The number of hydrogen-bond acceptors (Lipinski definition) is 2. The first kappa shape index (κ1) is 10.7. The Bertz CT molecular complexity index is 304. The lowest BCUT2D eigenvalue weighted by Crippen LogP contribution is -2.30. The van der Waals surface area contributed by atoms with Gasteiger partial charge in [0.05, 0.1) is 11.5 Å². The molecule has 0 aromatic carbocycles. The van der Waals surface area contributed by atoms with Gasteiger partial charge in [-0.25, -0.2) is 8.42 Å². The zero-order valence-corrected chi connectivity index (χ0v) is 9.91. The average molecular weight is 237 g/mol. The van der Waals surface area contributed by atoms with Gasteiger partial charge in [0.2, 0.25) is 0 Å². The van der Waals surface area contributed by atoms with Crippen molar-refractivity contribution in [2.75, 3.05) is 17.4 Å². The van der Waals surface area contributed by atoms with Gasteiger partial charge in [0, 0.05) is 5.88 Å². The summed E-state index contributed by atoms with van der Waals surface area (Å²) in [4.78, 5) is 0. The molecule has 2 aliphatic rings. The average Bonchev–Trinajstić information content (AvgIpc) is 2.72. The molecule has 1 aliphatic heterocycles. The van der Waals surface area contributed by atoms with Crippen LogP contribution in [0.25, 0.3) is 0 Å². The summed E-state index contributed by atoms with van der Waals surface area (Å²) in [6, 6.07) is 0. The molecule has 1 saturated heterocycles. The molecule has 0 N–H and O–H groups in total. The zero-order valence-electron chi connectivity index (χ0n) is 8.34. The SMILES string of the molecule is O=S1(=O)CCC(C2(CCl)CCCC2)C1. The first-order chi connectivity index (χ1) is 6.58. The predicted molar refractivity (Wildman–Crippen MR) is 58.4 cm³/mol. The van der Waals surface area contributed by atoms with Gasteiger partial charge in [-0.2, -0.15) is 0 Å². The maximum absolute atomic E-state index is 11.4. The normalized spacial score (nSPS) is 34.8. The van der Waals surface area contributed by atoms with Crippen LogP contribution in [0.4, 0.5) is 0 Å². The second kappa shape index (κ2) is 3.67. The molecule has 2 fully saturated rings. The van der Waals surface area contributed by atoms with Crippen molar-refractivity contribution in [2.45, 2.75) is 32.1 Å². The minimum absolute atomic E-state index is 0.158. The Morgan fingerprint density at radius 3 is 2.36 bits per heavy atom. The van der Waals surface area contributed by atoms with Gasteiger partial charge in [-0.15, -0.1) is 11.6 Å². The topological polar surface area (TPSA) is 34.1 Å². The van der Waals surface area contributed by atoms with Crippen LogP contribution in [0.5, 0.6) is 0 Å². The monoisotopic (exact) mass is 236 g/mol. The second-order valence-electron chi connectivity index (χ2n) is 4.80. The molecule has 1 heterocycles. The Hall–Kier alpha value is 0.240. The summed E-state index contributed by atoms with van der Waals surface area (Å²) < 4.78 is 22.8. The van der Waals surface area contributed by atoms with Gasteiger partial charge in [-0.3, -0.25) is 0 Å². The highest BCUT2D eigenvalue weighted by Gasteiger charge is 2.45. The Balaban J connectivity index is 2.14. The van der Waals surface area contributed by atoms with E-state index >= 15 is 0 Å². The van der Waals surface area contributed by atoms with E-state index in [9.17, 15) is 8.42 Å². The van der Waals surface area contributed by atoms with E-state index in [1.165, 1.54) is 12.8 Å². The van der Waals surface area contributed by atoms with Crippen molar-refractivity contribution in [1.29, 1.82) is 0 Å². The van der Waals surface area contributed by atoms with Gasteiger partial charge in [0.25, 0.3) is 0 Å². The lowest BCUT2D eigenvalue weighted by molar-refractivity contribution is 0.220. The third kappa shape index (κ3) is 1.81. The summed E-state index contributed by atoms with van der Waals surface area (Å²) in [7, 11) is -2.74. The van der Waals surface area contributed by atoms with E-state index in [1.807, 2.05) is 0 Å². The molecule has 2 rings (SSSR count). The van der Waals surface area contributed by atoms with Gasteiger partial charge in [0.1, 0.15) is 0 Å². The third-order valence-corrected chi connectivity index (χ3v) is 6.26. The summed E-state index contributed by atoms with van der Waals surface area (Å²) in [5.74, 6) is 1.76. The highest BCUT2D eigenvalue weighted by atomic mass is 35.5. The predicted octanol–water partition coefficient (Wildman–Crippen LogP) is 2.22. The minimum atomic E-state index is -2.74. The Morgan fingerprint density at radius 2 is 1.93 bits per heavy atom. The van der Waals surface area contributed by atoms with Crippen LogP contribution in [0.1, 0.15) is 32.1 Å². The van der Waals surface area contributed by atoms with Gasteiger partial charge in [0.15, 0.2) is 9.84 Å². The molecule has 1 atom stereocenters. The molecule has 0 radical (unpaired) electrons. The molecule has 4 heteroatoms. The maximum Gasteiger partial charge on any atom is 0.150 e. The summed E-state index contributed by atoms with van der Waals surface area (Å²) in [5, 5.41) is 0. The first-order valence-electron chi connectivity index (χ1n) is 5.34. The van der Waals surface area contributed by atoms with Crippen molar-refractivity contribution in [2.24, 2.45) is 11.3 Å². The fraction of sp³-hybridized carbons (Fsp3) is 1.00. The fourth-order valence-corrected chi connectivity index (χ4v) is 5.44. The highest BCUT2D eigenvalue weighted by Crippen LogP contribution is 2.48. The molecular weight excluding hydrogens is 220 g/mol. The van der Waals surface area contributed by atoms with E-state index in [4.69, 9.17) is 11.6 Å². The molecule has 2 nitrogen and oxygen atoms in total. The van der Waals surface area contributed by atoms with E-state index in [-0.39, 0.29) is 5.41 Å². The van der Waals surface area contributed by atoms with Crippen molar-refractivity contribution >= 4 is 21.4 Å².